The first-order chi connectivity index (χ1) is 19.8. The Hall–Kier alpha value is -1.26. The van der Waals surface area contributed by atoms with Gasteiger partial charge in [-0.05, 0) is 47.0 Å². The van der Waals surface area contributed by atoms with E-state index in [-0.39, 0.29) is 30.1 Å². The molecule has 1 amide bonds. The summed E-state index contributed by atoms with van der Waals surface area (Å²) in [5, 5.41) is 8.91. The maximum atomic E-state index is 12.8. The predicted octanol–water partition coefficient (Wildman–Crippen LogP) is 8.29. The Kier molecular flexibility index (Phi) is 22.3. The van der Waals surface area contributed by atoms with Crippen LogP contribution < -0.4 is 0 Å². The van der Waals surface area contributed by atoms with Gasteiger partial charge in [-0.1, -0.05) is 77.0 Å². The minimum atomic E-state index is -1.26. The van der Waals surface area contributed by atoms with Crippen molar-refractivity contribution in [2.75, 3.05) is 26.8 Å². The molecule has 1 unspecified atom stereocenters. The summed E-state index contributed by atoms with van der Waals surface area (Å²) in [6, 6.07) is 2.69. The van der Waals surface area contributed by atoms with E-state index in [9.17, 15) is 9.59 Å². The molecule has 0 bridgehead atoms. The number of amides is 1. The zero-order chi connectivity index (χ0) is 30.3. The molecule has 1 aliphatic rings. The molecule has 0 radical (unpaired) electrons. The van der Waals surface area contributed by atoms with E-state index in [2.05, 4.69) is 43.2 Å². The Morgan fingerprint density at radius 2 is 1.34 bits per heavy atom. The maximum absolute atomic E-state index is 12.8. The third kappa shape index (κ3) is 18.1. The minimum Gasteiger partial charge on any atom is -0.469 e. The quantitative estimate of drug-likeness (QED) is 0.0594. The second-order valence-corrected chi connectivity index (χ2v) is 13.3. The van der Waals surface area contributed by atoms with Crippen LogP contribution in [0.5, 0.6) is 0 Å². The van der Waals surface area contributed by atoms with E-state index in [0.29, 0.717) is 32.4 Å². The summed E-state index contributed by atoms with van der Waals surface area (Å²) in [5.74, 6) is 0.158. The molecule has 1 rings (SSSR count). The van der Waals surface area contributed by atoms with E-state index in [4.69, 9.17) is 14.3 Å². The zero-order valence-corrected chi connectivity index (χ0v) is 27.8. The molecule has 0 aromatic carbocycles. The van der Waals surface area contributed by atoms with Crippen molar-refractivity contribution in [3.05, 3.63) is 0 Å². The van der Waals surface area contributed by atoms with Crippen molar-refractivity contribution in [2.24, 2.45) is 0 Å². The van der Waals surface area contributed by atoms with Gasteiger partial charge in [0.05, 0.1) is 32.3 Å². The number of nitrogens with zero attached hydrogens (tertiary/aromatic N) is 3. The Labute approximate surface area is 252 Å². The fourth-order valence-corrected chi connectivity index (χ4v) is 7.12. The highest BCUT2D eigenvalue weighted by atomic mass is 31.2. The second kappa shape index (κ2) is 24.2. The normalized spacial score (nSPS) is 16.1. The SMILES string of the molecule is COC(=O)CCCCCCCCCCCCCCCCC(=O)N1CC[C@H](OP(OCCC#N)N(C(C)C)C(C)C)C1. The number of nitriles is 1. The van der Waals surface area contributed by atoms with Gasteiger partial charge in [0.2, 0.25) is 5.91 Å². The highest BCUT2D eigenvalue weighted by Crippen LogP contribution is 2.48. The van der Waals surface area contributed by atoms with Gasteiger partial charge in [0.15, 0.2) is 0 Å². The van der Waals surface area contributed by atoms with E-state index in [1.807, 2.05) is 4.90 Å². The van der Waals surface area contributed by atoms with Gasteiger partial charge < -0.3 is 18.7 Å². The highest BCUT2D eigenvalue weighted by Gasteiger charge is 2.34. The first-order valence-corrected chi connectivity index (χ1v) is 17.5. The van der Waals surface area contributed by atoms with E-state index in [0.717, 1.165) is 38.6 Å². The number of unbranched alkanes of at least 4 members (excludes halogenated alkanes) is 13. The van der Waals surface area contributed by atoms with Crippen molar-refractivity contribution in [3.63, 3.8) is 0 Å². The summed E-state index contributed by atoms with van der Waals surface area (Å²) in [5.41, 5.74) is 0. The summed E-state index contributed by atoms with van der Waals surface area (Å²) in [6.07, 6.45) is 19.5. The predicted molar refractivity (Wildman–Crippen MR) is 167 cm³/mol. The molecular weight excluding hydrogens is 537 g/mol. The van der Waals surface area contributed by atoms with Crippen LogP contribution in [0.1, 0.15) is 143 Å². The van der Waals surface area contributed by atoms with Gasteiger partial charge in [0, 0.05) is 38.0 Å². The van der Waals surface area contributed by atoms with Crippen LogP contribution in [-0.2, 0) is 23.4 Å². The van der Waals surface area contributed by atoms with Gasteiger partial charge in [-0.3, -0.25) is 9.59 Å². The maximum Gasteiger partial charge on any atom is 0.305 e. The topological polar surface area (TPSA) is 92.1 Å². The van der Waals surface area contributed by atoms with E-state index in [1.54, 1.807) is 0 Å². The summed E-state index contributed by atoms with van der Waals surface area (Å²) >= 11 is 0. The number of ether oxygens (including phenoxy) is 1. The average Bonchev–Trinajstić information content (AvgIpc) is 3.40. The smallest absolute Gasteiger partial charge is 0.305 e. The molecule has 238 valence electrons. The molecule has 9 heteroatoms. The summed E-state index contributed by atoms with van der Waals surface area (Å²) < 4.78 is 19.4. The van der Waals surface area contributed by atoms with Gasteiger partial charge in [-0.25, -0.2) is 4.67 Å². The van der Waals surface area contributed by atoms with E-state index >= 15 is 0 Å². The first kappa shape index (κ1) is 37.8. The van der Waals surface area contributed by atoms with Crippen LogP contribution in [0.15, 0.2) is 0 Å². The van der Waals surface area contributed by atoms with Gasteiger partial charge in [-0.15, -0.1) is 0 Å². The largest absolute Gasteiger partial charge is 0.469 e. The summed E-state index contributed by atoms with van der Waals surface area (Å²) in [6.45, 7) is 10.3. The van der Waals surface area contributed by atoms with Crippen molar-refractivity contribution >= 4 is 20.4 Å². The Morgan fingerprint density at radius 3 is 1.80 bits per heavy atom. The van der Waals surface area contributed by atoms with Crippen molar-refractivity contribution in [3.8, 4) is 6.07 Å². The number of methoxy groups -OCH3 is 1. The standard InChI is InChI=1S/C32H60N3O5P/c1-28(2)35(29(3)4)41(39-26-20-24-33)40-30-23-25-34(27-30)31(36)21-18-16-14-12-10-8-6-7-9-11-13-15-17-19-22-32(37)38-5/h28-30H,6-23,25-27H2,1-5H3/t30-,41?/m0/s1. The molecule has 41 heavy (non-hydrogen) atoms. The Bertz CT molecular complexity index is 723. The van der Waals surface area contributed by atoms with Crippen LogP contribution in [0.4, 0.5) is 0 Å². The molecule has 1 fully saturated rings. The lowest BCUT2D eigenvalue weighted by atomic mass is 10.0. The number of hydrogen-bond donors (Lipinski definition) is 0. The number of esters is 1. The first-order valence-electron chi connectivity index (χ1n) is 16.4. The highest BCUT2D eigenvalue weighted by molar-refractivity contribution is 7.44. The van der Waals surface area contributed by atoms with Crippen molar-refractivity contribution in [2.45, 2.75) is 161 Å². The molecule has 1 heterocycles. The van der Waals surface area contributed by atoms with Crippen molar-refractivity contribution in [1.82, 2.24) is 9.57 Å². The van der Waals surface area contributed by atoms with Crippen molar-refractivity contribution in [1.29, 1.82) is 5.26 Å². The molecule has 0 aromatic heterocycles. The lowest BCUT2D eigenvalue weighted by Crippen LogP contribution is -2.35. The van der Waals surface area contributed by atoms with E-state index in [1.165, 1.54) is 71.3 Å². The third-order valence-corrected chi connectivity index (χ3v) is 9.83. The molecule has 8 nitrogen and oxygen atoms in total. The zero-order valence-electron chi connectivity index (χ0n) is 26.9. The average molecular weight is 598 g/mol. The van der Waals surface area contributed by atoms with Gasteiger partial charge in [-0.2, -0.15) is 5.26 Å². The monoisotopic (exact) mass is 597 g/mol. The number of rotatable bonds is 25. The molecule has 0 N–H and O–H groups in total. The van der Waals surface area contributed by atoms with Crippen LogP contribution in [0.3, 0.4) is 0 Å². The van der Waals surface area contributed by atoms with E-state index < -0.39 is 8.53 Å². The lowest BCUT2D eigenvalue weighted by molar-refractivity contribution is -0.140. The fraction of sp³-hybridized carbons (Fsp3) is 0.906. The molecule has 0 aliphatic carbocycles. The van der Waals surface area contributed by atoms with Gasteiger partial charge >= 0.3 is 5.97 Å². The van der Waals surface area contributed by atoms with Crippen LogP contribution in [-0.4, -0.2) is 66.4 Å². The fourth-order valence-electron chi connectivity index (χ4n) is 5.39. The number of carbonyl (C=O) groups is 2. The lowest BCUT2D eigenvalue weighted by Gasteiger charge is -2.36. The molecule has 0 saturated carbocycles. The second-order valence-electron chi connectivity index (χ2n) is 11.9. The molecule has 0 aromatic rings. The molecule has 0 spiro atoms. The van der Waals surface area contributed by atoms with Crippen LogP contribution in [0.2, 0.25) is 0 Å². The third-order valence-electron chi connectivity index (χ3n) is 7.65. The molecule has 1 aliphatic heterocycles. The molecular formula is C32H60N3O5P. The summed E-state index contributed by atoms with van der Waals surface area (Å²) in [4.78, 5) is 25.8. The number of hydrogen-bond acceptors (Lipinski definition) is 7. The van der Waals surface area contributed by atoms with Crippen LogP contribution in [0, 0.1) is 11.3 Å². The minimum absolute atomic E-state index is 0.00909. The number of likely N-dealkylation sites (tertiary alicyclic amines) is 1. The molecule has 2 atom stereocenters. The van der Waals surface area contributed by atoms with Crippen LogP contribution >= 0.6 is 8.53 Å². The summed E-state index contributed by atoms with van der Waals surface area (Å²) in [7, 11) is 0.190. The van der Waals surface area contributed by atoms with Gasteiger partial charge in [0.25, 0.3) is 8.53 Å². The van der Waals surface area contributed by atoms with Crippen LogP contribution in [0.25, 0.3) is 0 Å². The van der Waals surface area contributed by atoms with Crippen molar-refractivity contribution < 1.29 is 23.4 Å². The Morgan fingerprint density at radius 1 is 0.854 bits per heavy atom. The molecule has 1 saturated heterocycles. The van der Waals surface area contributed by atoms with Gasteiger partial charge in [0.1, 0.15) is 0 Å². The Balaban J connectivity index is 2.08. The number of carbonyl (C=O) groups excluding carboxylic acids is 2.